The maximum atomic E-state index is 12.8. The van der Waals surface area contributed by atoms with Crippen molar-refractivity contribution in [3.05, 3.63) is 42.5 Å². The van der Waals surface area contributed by atoms with Gasteiger partial charge in [0.05, 0.1) is 37.6 Å². The van der Waals surface area contributed by atoms with Crippen molar-refractivity contribution in [1.82, 2.24) is 9.62 Å². The molecule has 1 saturated heterocycles. The first-order chi connectivity index (χ1) is 17.5. The third kappa shape index (κ3) is 6.84. The number of methoxy groups -OCH3 is 2. The average Bonchev–Trinajstić information content (AvgIpc) is 3.42. The number of nitrogens with one attached hydrogen (secondary N) is 1. The molecule has 1 aliphatic heterocycles. The van der Waals surface area contributed by atoms with Crippen LogP contribution in [0.5, 0.6) is 17.2 Å². The van der Waals surface area contributed by atoms with Gasteiger partial charge in [0, 0.05) is 19.2 Å². The van der Waals surface area contributed by atoms with Gasteiger partial charge in [-0.2, -0.15) is 4.31 Å². The van der Waals surface area contributed by atoms with Crippen LogP contribution in [0.3, 0.4) is 0 Å². The summed E-state index contributed by atoms with van der Waals surface area (Å²) in [7, 11) is -4.41. The Balaban J connectivity index is 1.58. The Morgan fingerprint density at radius 1 is 1.00 bits per heavy atom. The van der Waals surface area contributed by atoms with Gasteiger partial charge in [-0.15, -0.1) is 0 Å². The van der Waals surface area contributed by atoms with Crippen molar-refractivity contribution in [3.63, 3.8) is 0 Å². The average molecular weight is 556 g/mol. The normalized spacial score (nSPS) is 15.1. The van der Waals surface area contributed by atoms with Crippen molar-refractivity contribution in [3.8, 4) is 17.2 Å². The number of hydrogen-bond donors (Lipinski definition) is 1. The highest BCUT2D eigenvalue weighted by Crippen LogP contribution is 2.33. The van der Waals surface area contributed by atoms with Crippen molar-refractivity contribution in [1.29, 1.82) is 0 Å². The number of nitrogens with zero attached hydrogens (tertiary/aromatic N) is 2. The molecule has 1 aliphatic rings. The van der Waals surface area contributed by atoms with E-state index >= 15 is 0 Å². The van der Waals surface area contributed by atoms with E-state index in [9.17, 15) is 21.6 Å². The Labute approximate surface area is 218 Å². The van der Waals surface area contributed by atoms with E-state index < -0.39 is 32.0 Å². The Morgan fingerprint density at radius 2 is 1.62 bits per heavy atom. The van der Waals surface area contributed by atoms with Crippen LogP contribution in [0.1, 0.15) is 19.8 Å². The number of sulfonamides is 2. The summed E-state index contributed by atoms with van der Waals surface area (Å²) in [5.41, 5.74) is 0.253. The monoisotopic (exact) mass is 555 g/mol. The number of hydrogen-bond acceptors (Lipinski definition) is 8. The molecule has 3 rings (SSSR count). The van der Waals surface area contributed by atoms with E-state index in [1.54, 1.807) is 18.2 Å². The molecule has 1 fully saturated rings. The summed E-state index contributed by atoms with van der Waals surface area (Å²) in [6.45, 7) is 2.75. The molecule has 0 bridgehead atoms. The molecular formula is C24H33N3O8S2. The van der Waals surface area contributed by atoms with Gasteiger partial charge in [-0.1, -0.05) is 0 Å². The zero-order chi connectivity index (χ0) is 27.2. The maximum Gasteiger partial charge on any atom is 0.243 e. The second kappa shape index (κ2) is 12.0. The molecule has 0 aromatic heterocycles. The van der Waals surface area contributed by atoms with E-state index in [0.29, 0.717) is 30.3 Å². The molecule has 13 heteroatoms. The number of rotatable bonds is 12. The van der Waals surface area contributed by atoms with Gasteiger partial charge in [0.1, 0.15) is 18.4 Å². The van der Waals surface area contributed by atoms with Crippen LogP contribution in [0, 0.1) is 0 Å². The lowest BCUT2D eigenvalue weighted by molar-refractivity contribution is -0.121. The Hall–Kier alpha value is -3.03. The van der Waals surface area contributed by atoms with Crippen molar-refractivity contribution >= 4 is 31.6 Å². The van der Waals surface area contributed by atoms with E-state index in [-0.39, 0.29) is 23.7 Å². The van der Waals surface area contributed by atoms with Crippen LogP contribution in [0.25, 0.3) is 0 Å². The van der Waals surface area contributed by atoms with Crippen molar-refractivity contribution in [2.75, 3.05) is 51.0 Å². The molecule has 0 aliphatic carbocycles. The minimum atomic E-state index is -3.81. The predicted molar refractivity (Wildman–Crippen MR) is 139 cm³/mol. The molecule has 0 radical (unpaired) electrons. The number of amides is 1. The van der Waals surface area contributed by atoms with E-state index in [1.165, 1.54) is 49.7 Å². The maximum absolute atomic E-state index is 12.8. The van der Waals surface area contributed by atoms with Crippen molar-refractivity contribution < 1.29 is 35.8 Å². The second-order valence-corrected chi connectivity index (χ2v) is 12.3. The van der Waals surface area contributed by atoms with E-state index in [1.807, 2.05) is 0 Å². The van der Waals surface area contributed by atoms with Gasteiger partial charge in [-0.05, 0) is 56.2 Å². The molecule has 0 spiro atoms. The molecule has 0 unspecified atom stereocenters. The zero-order valence-electron chi connectivity index (χ0n) is 21.3. The lowest BCUT2D eigenvalue weighted by Gasteiger charge is -2.28. The SMILES string of the molecule is COc1ccc(N([C@H](C)C(=O)NCCOc2ccc(S(=O)(=O)N3CCCC3)cc2)S(C)(=O)=O)cc1OC. The molecule has 2 aromatic carbocycles. The smallest absolute Gasteiger partial charge is 0.243 e. The quantitative estimate of drug-likeness (QED) is 0.393. The fourth-order valence-electron chi connectivity index (χ4n) is 4.05. The third-order valence-corrected chi connectivity index (χ3v) is 9.06. The molecule has 37 heavy (non-hydrogen) atoms. The van der Waals surface area contributed by atoms with Gasteiger partial charge in [-0.3, -0.25) is 9.10 Å². The fourth-order valence-corrected chi connectivity index (χ4v) is 6.73. The van der Waals surface area contributed by atoms with Gasteiger partial charge in [0.15, 0.2) is 11.5 Å². The van der Waals surface area contributed by atoms with Gasteiger partial charge in [-0.25, -0.2) is 16.8 Å². The number of ether oxygens (including phenoxy) is 3. The Morgan fingerprint density at radius 3 is 2.19 bits per heavy atom. The van der Waals surface area contributed by atoms with Crippen LogP contribution in [-0.4, -0.2) is 79.8 Å². The fraction of sp³-hybridized carbons (Fsp3) is 0.458. The summed E-state index contributed by atoms with van der Waals surface area (Å²) < 4.78 is 68.8. The zero-order valence-corrected chi connectivity index (χ0v) is 23.0. The summed E-state index contributed by atoms with van der Waals surface area (Å²) in [5.74, 6) is 0.686. The Kier molecular flexibility index (Phi) is 9.26. The topological polar surface area (TPSA) is 132 Å². The van der Waals surface area contributed by atoms with E-state index in [2.05, 4.69) is 5.32 Å². The van der Waals surface area contributed by atoms with Crippen LogP contribution in [-0.2, 0) is 24.8 Å². The third-order valence-electron chi connectivity index (χ3n) is 5.91. The standard InChI is InChI=1S/C24H33N3O8S2/c1-18(27(36(4,29)30)19-7-12-22(33-2)23(17-19)34-3)24(28)25-13-16-35-20-8-10-21(11-9-20)37(31,32)26-14-5-6-15-26/h7-12,17-18H,5-6,13-16H2,1-4H3,(H,25,28)/t18-/m1/s1. The van der Waals surface area contributed by atoms with Crippen LogP contribution in [0.4, 0.5) is 5.69 Å². The second-order valence-electron chi connectivity index (χ2n) is 8.50. The molecule has 1 atom stereocenters. The molecule has 2 aromatic rings. The molecule has 11 nitrogen and oxygen atoms in total. The molecule has 1 amide bonds. The van der Waals surface area contributed by atoms with Crippen LogP contribution in [0.15, 0.2) is 47.4 Å². The molecule has 204 valence electrons. The summed E-state index contributed by atoms with van der Waals surface area (Å²) in [5, 5.41) is 2.67. The highest BCUT2D eigenvalue weighted by Gasteiger charge is 2.30. The van der Waals surface area contributed by atoms with Crippen molar-refractivity contribution in [2.45, 2.75) is 30.7 Å². The first-order valence-corrected chi connectivity index (χ1v) is 15.0. The minimum absolute atomic E-state index is 0.103. The highest BCUT2D eigenvalue weighted by molar-refractivity contribution is 7.92. The highest BCUT2D eigenvalue weighted by atomic mass is 32.2. The molecular weight excluding hydrogens is 522 g/mol. The van der Waals surface area contributed by atoms with Crippen LogP contribution < -0.4 is 23.8 Å². The van der Waals surface area contributed by atoms with Gasteiger partial charge < -0.3 is 19.5 Å². The lowest BCUT2D eigenvalue weighted by Crippen LogP contribution is -2.48. The number of anilines is 1. The summed E-state index contributed by atoms with van der Waals surface area (Å²) in [6.07, 6.45) is 2.74. The summed E-state index contributed by atoms with van der Waals surface area (Å²) >= 11 is 0. The lowest BCUT2D eigenvalue weighted by atomic mass is 10.2. The predicted octanol–water partition coefficient (Wildman–Crippen LogP) is 1.84. The van der Waals surface area contributed by atoms with E-state index in [0.717, 1.165) is 23.4 Å². The molecule has 1 heterocycles. The molecule has 0 saturated carbocycles. The van der Waals surface area contributed by atoms with E-state index in [4.69, 9.17) is 14.2 Å². The summed E-state index contributed by atoms with van der Waals surface area (Å²) in [6, 6.07) is 9.65. The van der Waals surface area contributed by atoms with Gasteiger partial charge in [0.25, 0.3) is 0 Å². The molecule has 1 N–H and O–H groups in total. The van der Waals surface area contributed by atoms with Crippen LogP contribution in [0.2, 0.25) is 0 Å². The largest absolute Gasteiger partial charge is 0.493 e. The van der Waals surface area contributed by atoms with Gasteiger partial charge >= 0.3 is 0 Å². The first kappa shape index (κ1) is 28.5. The van der Waals surface area contributed by atoms with Gasteiger partial charge in [0.2, 0.25) is 26.0 Å². The van der Waals surface area contributed by atoms with Crippen LogP contribution >= 0.6 is 0 Å². The number of carbonyl (C=O) groups excluding carboxylic acids is 1. The first-order valence-electron chi connectivity index (χ1n) is 11.7. The van der Waals surface area contributed by atoms with Crippen molar-refractivity contribution in [2.24, 2.45) is 0 Å². The minimum Gasteiger partial charge on any atom is -0.493 e. The Bertz CT molecular complexity index is 1290. The number of carbonyl (C=O) groups is 1. The summed E-state index contributed by atoms with van der Waals surface area (Å²) in [4.78, 5) is 13.0. The number of benzene rings is 2.